The Balaban J connectivity index is 0.000000119. The van der Waals surface area contributed by atoms with Crippen LogP contribution in [0.25, 0.3) is 67.7 Å². The van der Waals surface area contributed by atoms with Gasteiger partial charge in [0.25, 0.3) is 0 Å². The Morgan fingerprint density at radius 3 is 0.926 bits per heavy atom. The van der Waals surface area contributed by atoms with E-state index in [1.54, 1.807) is 24.7 Å². The Bertz CT molecular complexity index is 7020. The molecule has 24 heteroatoms. The molecule has 0 saturated heterocycles. The van der Waals surface area contributed by atoms with Crippen LogP contribution in [0, 0.1) is 36.4 Å². The topological polar surface area (TPSA) is 200 Å². The standard InChI is InChI=1S/2C34H23BN2O4.C30H15BN2O4.3Pt/c1-34(2,3)21-17-29-32-30(18-21)40-27-14-12-22(38-31-10-6-7-15-36-31)19-24(27)35(32)23-16-20(11-13-26(23)39-29)33-37-25-8-4-5-9-28(25)41-33;1-34(2,3)21-15-16-36-31(18-21)38-22-12-14-27-24(19-22)35-23-17-20(33-37-25-7-4-5-8-28(25)41-33)11-13-26(23)39-29-9-6-10-30(40-27)32(29)35;1-2-7-25-22(6-1)33-30(37-25)18-11-13-23-20(16-18)31-21-17-19(34-28-10-3-4-15-32-28)12-14-24(21)36-27-9-5-8-26(35-23)29(27)31;;;/h4-15,17-18H,1-3H3;4-16,18H,1-3H3;1-15H;;;/q3*-2;3*+2. The van der Waals surface area contributed by atoms with E-state index in [9.17, 15) is 0 Å². The summed E-state index contributed by atoms with van der Waals surface area (Å²) in [6, 6.07) is 98.2. The van der Waals surface area contributed by atoms with Crippen LogP contribution in [0.2, 0.25) is 0 Å². The molecule has 0 fully saturated rings. The van der Waals surface area contributed by atoms with E-state index in [4.69, 9.17) is 60.9 Å². The fourth-order valence-corrected chi connectivity index (χ4v) is 15.8. The molecule has 0 spiro atoms. The average Bonchev–Trinajstić information content (AvgIpc) is 0.892. The SMILES string of the molecule is CC(C)(C)c1cc2c3c(c1)Oc1ccc(-c4nc5ccccc5o4)[c-]c1B3c1[c-]c(Oc3ccccn3)ccc1O2.CC(C)(C)c1ccnc(Oc2[c-]c3c(cc2)Oc2cccc4c2B3c2[c-]c(-c3nc5ccccc5o3)ccc2O4)c1.[Pt+2].[Pt+2].[Pt+2].[c-]1c(Oc2ccccn2)ccc2c1B1c3[c-]c(-c4nc5ccccc5o4)ccc3Oc3cccc(c31)O2. The molecule has 0 N–H and O–H groups in total. The molecule has 12 aromatic carbocycles. The van der Waals surface area contributed by atoms with E-state index in [0.29, 0.717) is 81.3 Å². The quantitative estimate of drug-likeness (QED) is 0.0975. The predicted molar refractivity (Wildman–Crippen MR) is 455 cm³/mol. The van der Waals surface area contributed by atoms with E-state index in [0.717, 1.165) is 151 Å². The van der Waals surface area contributed by atoms with E-state index >= 15 is 0 Å². The molecular formula is C98H61B3N6O12Pt3. The first-order valence-electron chi connectivity index (χ1n) is 38.9. The van der Waals surface area contributed by atoms with Gasteiger partial charge >= 0.3 is 63.2 Å². The van der Waals surface area contributed by atoms with Crippen molar-refractivity contribution in [3.05, 3.63) is 309 Å². The minimum Gasteiger partial charge on any atom is -0.518 e. The number of oxazole rings is 3. The molecule has 0 aliphatic carbocycles. The van der Waals surface area contributed by atoms with E-state index in [2.05, 4.69) is 115 Å². The maximum atomic E-state index is 6.53. The van der Waals surface area contributed by atoms with Crippen LogP contribution in [0.1, 0.15) is 52.7 Å². The van der Waals surface area contributed by atoms with Crippen LogP contribution in [0.5, 0.6) is 104 Å². The second-order valence-corrected chi connectivity index (χ2v) is 31.4. The molecule has 12 heterocycles. The molecule has 6 aromatic heterocycles. The third-order valence-electron chi connectivity index (χ3n) is 21.6. The maximum absolute atomic E-state index is 6.53. The van der Waals surface area contributed by atoms with Gasteiger partial charge in [-0.25, -0.2) is 15.0 Å². The number of hydrogen-bond donors (Lipinski definition) is 0. The molecule has 18 nitrogen and oxygen atoms in total. The van der Waals surface area contributed by atoms with E-state index < -0.39 is 0 Å². The van der Waals surface area contributed by atoms with Gasteiger partial charge in [-0.1, -0.05) is 119 Å². The zero-order valence-corrected chi connectivity index (χ0v) is 72.4. The van der Waals surface area contributed by atoms with E-state index in [1.807, 2.05) is 224 Å². The normalized spacial score (nSPS) is 12.7. The number of nitrogens with zero attached hydrogens (tertiary/aromatic N) is 6. The van der Waals surface area contributed by atoms with Crippen LogP contribution in [0.3, 0.4) is 0 Å². The number of para-hydroxylation sites is 6. The van der Waals surface area contributed by atoms with Crippen LogP contribution < -0.4 is 91.8 Å². The Morgan fingerprint density at radius 2 is 0.582 bits per heavy atom. The van der Waals surface area contributed by atoms with Crippen molar-refractivity contribution in [1.29, 1.82) is 0 Å². The van der Waals surface area contributed by atoms with Gasteiger partial charge in [0.15, 0.2) is 0 Å². The third kappa shape index (κ3) is 14.5. The van der Waals surface area contributed by atoms with Gasteiger partial charge in [0, 0.05) is 105 Å². The van der Waals surface area contributed by atoms with E-state index in [1.165, 1.54) is 0 Å². The molecule has 0 amide bonds. The van der Waals surface area contributed by atoms with Crippen LogP contribution in [0.4, 0.5) is 0 Å². The van der Waals surface area contributed by atoms with Crippen molar-refractivity contribution in [2.75, 3.05) is 0 Å². The van der Waals surface area contributed by atoms with Crippen molar-refractivity contribution in [1.82, 2.24) is 29.9 Å². The summed E-state index contributed by atoms with van der Waals surface area (Å²) in [6.45, 7) is 12.3. The smallest absolute Gasteiger partial charge is 0.518 e. The first kappa shape index (κ1) is 78.8. The van der Waals surface area contributed by atoms with Crippen molar-refractivity contribution in [3.8, 4) is 138 Å². The number of ether oxygens (including phenoxy) is 9. The number of rotatable bonds is 9. The Labute approximate surface area is 745 Å². The number of benzene rings is 12. The molecule has 24 rings (SSSR count). The Kier molecular flexibility index (Phi) is 20.4. The monoisotopic (exact) mass is 2130 g/mol. The van der Waals surface area contributed by atoms with Crippen LogP contribution in [0.15, 0.2) is 274 Å². The first-order chi connectivity index (χ1) is 58.1. The van der Waals surface area contributed by atoms with Crippen LogP contribution >= 0.6 is 0 Å². The molecule has 0 unspecified atom stereocenters. The van der Waals surface area contributed by atoms with Gasteiger partial charge in [-0.15, -0.1) is 142 Å². The zero-order valence-electron chi connectivity index (χ0n) is 65.6. The number of fused-ring (bicyclic) bond motifs is 15. The first-order valence-corrected chi connectivity index (χ1v) is 38.9. The second-order valence-electron chi connectivity index (χ2n) is 31.4. The zero-order chi connectivity index (χ0) is 79.8. The fraction of sp³-hybridized carbons (Fsp3) is 0.0816. The van der Waals surface area contributed by atoms with Crippen molar-refractivity contribution in [3.63, 3.8) is 0 Å². The summed E-state index contributed by atoms with van der Waals surface area (Å²) in [5, 5.41) is 0. The summed E-state index contributed by atoms with van der Waals surface area (Å²) < 4.78 is 74.8. The molecule has 0 atom stereocenters. The van der Waals surface area contributed by atoms with Crippen LogP contribution in [-0.4, -0.2) is 50.0 Å². The molecular weight excluding hydrogens is 2070 g/mol. The van der Waals surface area contributed by atoms with Crippen molar-refractivity contribution >= 4 is 103 Å². The summed E-state index contributed by atoms with van der Waals surface area (Å²) in [4.78, 5) is 27.1. The molecule has 18 aromatic rings. The Morgan fingerprint density at radius 1 is 0.270 bits per heavy atom. The second kappa shape index (κ2) is 31.5. The fourth-order valence-electron chi connectivity index (χ4n) is 15.8. The number of pyridine rings is 3. The molecule has 0 radical (unpaired) electrons. The third-order valence-corrected chi connectivity index (χ3v) is 21.6. The Hall–Kier alpha value is -13.0. The van der Waals surface area contributed by atoms with Gasteiger partial charge < -0.3 is 55.9 Å². The number of aromatic nitrogens is 6. The number of hydrogen-bond acceptors (Lipinski definition) is 18. The minimum absolute atomic E-state index is 0. The van der Waals surface area contributed by atoms with Gasteiger partial charge in [-0.2, -0.15) is 0 Å². The predicted octanol–water partition coefficient (Wildman–Crippen LogP) is 17.6. The van der Waals surface area contributed by atoms with Crippen molar-refractivity contribution < 1.29 is 119 Å². The molecule has 594 valence electrons. The minimum atomic E-state index is -0.252. The maximum Gasteiger partial charge on any atom is 2.00 e. The van der Waals surface area contributed by atoms with Gasteiger partial charge in [-0.05, 0) is 113 Å². The van der Waals surface area contributed by atoms with Crippen LogP contribution in [-0.2, 0) is 74.0 Å². The van der Waals surface area contributed by atoms with E-state index in [-0.39, 0.29) is 94.2 Å². The summed E-state index contributed by atoms with van der Waals surface area (Å²) >= 11 is 0. The molecule has 0 bridgehead atoms. The summed E-state index contributed by atoms with van der Waals surface area (Å²) in [5.74, 6) is 13.4. The average molecular weight is 2130 g/mol. The summed E-state index contributed by atoms with van der Waals surface area (Å²) in [5.41, 5.74) is 16.9. The van der Waals surface area contributed by atoms with Gasteiger partial charge in [-0.3, -0.25) is 15.0 Å². The molecule has 6 aliphatic rings. The molecule has 122 heavy (non-hydrogen) atoms. The van der Waals surface area contributed by atoms with Gasteiger partial charge in [0.05, 0.1) is 16.6 Å². The van der Waals surface area contributed by atoms with Crippen molar-refractivity contribution in [2.24, 2.45) is 0 Å². The van der Waals surface area contributed by atoms with Gasteiger partial charge in [0.2, 0.25) is 37.8 Å². The van der Waals surface area contributed by atoms with Crippen molar-refractivity contribution in [2.45, 2.75) is 52.4 Å². The van der Waals surface area contributed by atoms with Gasteiger partial charge in [0.1, 0.15) is 68.9 Å². The largest absolute Gasteiger partial charge is 2.00 e. The summed E-state index contributed by atoms with van der Waals surface area (Å²) in [6.07, 6.45) is 5.16. The summed E-state index contributed by atoms with van der Waals surface area (Å²) in [7, 11) is 0. The molecule has 6 aliphatic heterocycles. The molecule has 0 saturated carbocycles.